The van der Waals surface area contributed by atoms with Crippen molar-refractivity contribution in [1.29, 1.82) is 0 Å². The molecule has 0 aliphatic carbocycles. The molecule has 0 bridgehead atoms. The zero-order valence-electron chi connectivity index (χ0n) is 39.5. The smallest absolute Gasteiger partial charge is 0.305 e. The number of carbonyl (C=O) groups excluding carboxylic acids is 3. The van der Waals surface area contributed by atoms with Gasteiger partial charge in [0.2, 0.25) is 11.8 Å². The Morgan fingerprint density at radius 3 is 1.37 bits per heavy atom. The Balaban J connectivity index is 0.000000331. The van der Waals surface area contributed by atoms with Crippen LogP contribution in [0.3, 0.4) is 0 Å². The molecule has 2 aromatic carbocycles. The monoisotopic (exact) mass is 898 g/mol. The fraction of sp³-hybridized carbons (Fsp3) is 0.600. The quantitative estimate of drug-likeness (QED) is 0.175. The third-order valence-electron chi connectivity index (χ3n) is 10.4. The first-order valence-electron chi connectivity index (χ1n) is 21.8. The highest BCUT2D eigenvalue weighted by molar-refractivity contribution is 6.32. The van der Waals surface area contributed by atoms with Gasteiger partial charge in [0.25, 0.3) is 0 Å². The molecule has 1 N–H and O–H groups in total. The molecular formula is C50H72Cl2N2O8. The molecular weight excluding hydrogens is 827 g/mol. The largest absolute Gasteiger partial charge is 0.491 e. The van der Waals surface area contributed by atoms with Crippen LogP contribution in [0.4, 0.5) is 0 Å². The van der Waals surface area contributed by atoms with Crippen molar-refractivity contribution >= 4 is 47.0 Å². The molecule has 0 saturated carbocycles. The van der Waals surface area contributed by atoms with E-state index in [-0.39, 0.29) is 57.7 Å². The van der Waals surface area contributed by atoms with Gasteiger partial charge in [-0.1, -0.05) is 118 Å². The number of nitrogens with zero attached hydrogens (tertiary/aromatic N) is 2. The number of esters is 1. The lowest BCUT2D eigenvalue weighted by Crippen LogP contribution is -2.36. The van der Waals surface area contributed by atoms with Crippen LogP contribution in [-0.4, -0.2) is 71.6 Å². The Labute approximate surface area is 381 Å². The molecule has 2 heterocycles. The second kappa shape index (κ2) is 22.1. The second-order valence-electron chi connectivity index (χ2n) is 20.8. The first-order valence-corrected chi connectivity index (χ1v) is 22.6. The van der Waals surface area contributed by atoms with Crippen LogP contribution in [0, 0.1) is 21.7 Å². The Morgan fingerprint density at radius 2 is 1.05 bits per heavy atom. The van der Waals surface area contributed by atoms with Gasteiger partial charge in [0, 0.05) is 63.0 Å². The molecule has 4 rings (SSSR count). The van der Waals surface area contributed by atoms with Crippen molar-refractivity contribution in [3.8, 4) is 11.5 Å². The van der Waals surface area contributed by atoms with Gasteiger partial charge in [-0.05, 0) is 88.0 Å². The highest BCUT2D eigenvalue weighted by Gasteiger charge is 2.36. The van der Waals surface area contributed by atoms with Gasteiger partial charge in [-0.2, -0.15) is 0 Å². The van der Waals surface area contributed by atoms with Gasteiger partial charge in [-0.15, -0.1) is 0 Å². The van der Waals surface area contributed by atoms with E-state index in [0.717, 1.165) is 16.7 Å². The summed E-state index contributed by atoms with van der Waals surface area (Å²) in [6, 6.07) is 11.6. The second-order valence-corrected chi connectivity index (χ2v) is 21.7. The number of benzene rings is 2. The zero-order valence-corrected chi connectivity index (χ0v) is 41.0. The molecule has 344 valence electrons. The summed E-state index contributed by atoms with van der Waals surface area (Å²) in [5.74, 6) is 0.182. The summed E-state index contributed by atoms with van der Waals surface area (Å²) in [5.41, 5.74) is 4.11. The summed E-state index contributed by atoms with van der Waals surface area (Å²) in [4.78, 5) is 51.5. The van der Waals surface area contributed by atoms with E-state index in [0.29, 0.717) is 86.6 Å². The normalized spacial score (nSPS) is 17.5. The average Bonchev–Trinajstić information content (AvgIpc) is 3.13. The number of aliphatic carboxylic acids is 1. The fourth-order valence-electron chi connectivity index (χ4n) is 7.19. The number of carbonyl (C=O) groups is 4. The number of ether oxygens (including phenoxy) is 3. The Bertz CT molecular complexity index is 1940. The summed E-state index contributed by atoms with van der Waals surface area (Å²) in [6.07, 6.45) is 5.98. The van der Waals surface area contributed by atoms with Crippen molar-refractivity contribution in [3.63, 3.8) is 0 Å². The average molecular weight is 900 g/mol. The molecule has 12 heteroatoms. The Kier molecular flexibility index (Phi) is 18.6. The number of rotatable bonds is 15. The maximum Gasteiger partial charge on any atom is 0.305 e. The van der Waals surface area contributed by atoms with Gasteiger partial charge in [0.05, 0.1) is 29.9 Å². The molecule has 2 aliphatic heterocycles. The lowest BCUT2D eigenvalue weighted by molar-refractivity contribution is -0.143. The zero-order chi connectivity index (χ0) is 46.8. The maximum atomic E-state index is 12.9. The minimum Gasteiger partial charge on any atom is -0.491 e. The fourth-order valence-corrected chi connectivity index (χ4v) is 7.67. The first kappa shape index (κ1) is 52.3. The number of hydrogen-bond acceptors (Lipinski definition) is 7. The molecule has 0 spiro atoms. The van der Waals surface area contributed by atoms with Crippen molar-refractivity contribution < 1.29 is 38.5 Å². The van der Waals surface area contributed by atoms with E-state index in [1.807, 2.05) is 48.8 Å². The van der Waals surface area contributed by atoms with Crippen LogP contribution in [0.15, 0.2) is 59.9 Å². The molecule has 2 aliphatic rings. The van der Waals surface area contributed by atoms with E-state index < -0.39 is 5.97 Å². The van der Waals surface area contributed by atoms with Crippen LogP contribution in [0.2, 0.25) is 10.0 Å². The summed E-state index contributed by atoms with van der Waals surface area (Å²) in [7, 11) is 0. The maximum absolute atomic E-state index is 12.9. The van der Waals surface area contributed by atoms with Crippen molar-refractivity contribution in [3.05, 3.63) is 81.1 Å². The summed E-state index contributed by atoms with van der Waals surface area (Å²) < 4.78 is 16.8. The standard InChI is InChI=1S/C26H38ClNO4.C24H34ClNO4/c1-8-31-24(30)10-9-13-28-16-20(26(5,6)7)19(15-23(28)29)18-11-12-22(21(27)14-18)32-17-25(2,3)4;1-23(2,3)15-30-20-10-9-16(12-19(20)25)17-13-21(27)26(11-7-8-22(28)29)14-18(17)24(4,5)6/h11-12,14,16,19H,8-10,13,15,17H2,1-7H3;9-10,12,14,17H,7-8,11,13,15H2,1-6H3,(H,28,29). The number of carboxylic acid groups (broad SMARTS) is 1. The number of carboxylic acids is 1. The molecule has 2 atom stereocenters. The van der Waals surface area contributed by atoms with Crippen LogP contribution in [0.25, 0.3) is 0 Å². The third kappa shape index (κ3) is 16.6. The van der Waals surface area contributed by atoms with Crippen LogP contribution >= 0.6 is 23.2 Å². The topological polar surface area (TPSA) is 123 Å². The predicted molar refractivity (Wildman–Crippen MR) is 249 cm³/mol. The molecule has 62 heavy (non-hydrogen) atoms. The van der Waals surface area contributed by atoms with Gasteiger partial charge in [-0.3, -0.25) is 19.2 Å². The van der Waals surface area contributed by atoms with E-state index >= 15 is 0 Å². The number of hydrogen-bond donors (Lipinski definition) is 1. The van der Waals surface area contributed by atoms with Gasteiger partial charge in [0.1, 0.15) is 11.5 Å². The first-order chi connectivity index (χ1) is 28.6. The number of allylic oxidation sites excluding steroid dienone is 2. The van der Waals surface area contributed by atoms with E-state index in [9.17, 15) is 19.2 Å². The molecule has 2 aromatic rings. The van der Waals surface area contributed by atoms with E-state index in [2.05, 4.69) is 83.1 Å². The van der Waals surface area contributed by atoms with E-state index in [1.165, 1.54) is 5.57 Å². The Morgan fingerprint density at radius 1 is 0.661 bits per heavy atom. The Hall–Kier alpha value is -4.02. The predicted octanol–water partition coefficient (Wildman–Crippen LogP) is 12.2. The van der Waals surface area contributed by atoms with Crippen molar-refractivity contribution in [2.24, 2.45) is 21.7 Å². The molecule has 0 fully saturated rings. The van der Waals surface area contributed by atoms with Crippen molar-refractivity contribution in [2.45, 2.75) is 140 Å². The number of halogens is 2. The van der Waals surface area contributed by atoms with Crippen LogP contribution < -0.4 is 9.47 Å². The lowest BCUT2D eigenvalue weighted by Gasteiger charge is -2.37. The minimum atomic E-state index is -0.847. The highest BCUT2D eigenvalue weighted by atomic mass is 35.5. The van der Waals surface area contributed by atoms with E-state index in [4.69, 9.17) is 42.5 Å². The molecule has 0 radical (unpaired) electrons. The van der Waals surface area contributed by atoms with Crippen molar-refractivity contribution in [2.75, 3.05) is 32.9 Å². The third-order valence-corrected chi connectivity index (χ3v) is 11.0. The summed E-state index contributed by atoms with van der Waals surface area (Å²) in [5, 5.41) is 9.97. The van der Waals surface area contributed by atoms with E-state index in [1.54, 1.807) is 16.7 Å². The van der Waals surface area contributed by atoms with Crippen LogP contribution in [0.5, 0.6) is 11.5 Å². The SMILES string of the molecule is CC(C)(C)COc1ccc(C2CC(=O)N(CCCC(=O)O)C=C2C(C)(C)C)cc1Cl.CCOC(=O)CCCN1C=C(C(C)(C)C)C(c2ccc(OCC(C)(C)C)c(Cl)c2)CC1=O. The van der Waals surface area contributed by atoms with Crippen molar-refractivity contribution in [1.82, 2.24) is 9.80 Å². The number of amides is 2. The minimum absolute atomic E-state index is 0.00238. The molecule has 2 unspecified atom stereocenters. The van der Waals surface area contributed by atoms with Gasteiger partial charge < -0.3 is 29.1 Å². The van der Waals surface area contributed by atoms with Gasteiger partial charge in [-0.25, -0.2) is 0 Å². The molecule has 0 aromatic heterocycles. The van der Waals surface area contributed by atoms with Crippen LogP contribution in [0.1, 0.15) is 151 Å². The lowest BCUT2D eigenvalue weighted by atomic mass is 9.73. The van der Waals surface area contributed by atoms with Crippen LogP contribution in [-0.2, 0) is 23.9 Å². The molecule has 0 saturated heterocycles. The van der Waals surface area contributed by atoms with Gasteiger partial charge >= 0.3 is 11.9 Å². The molecule has 10 nitrogen and oxygen atoms in total. The highest BCUT2D eigenvalue weighted by Crippen LogP contribution is 2.45. The van der Waals surface area contributed by atoms with Gasteiger partial charge in [0.15, 0.2) is 0 Å². The summed E-state index contributed by atoms with van der Waals surface area (Å²) >= 11 is 13.1. The summed E-state index contributed by atoms with van der Waals surface area (Å²) in [6.45, 7) is 29.7. The molecule has 2 amide bonds.